The minimum atomic E-state index is -3.60. The summed E-state index contributed by atoms with van der Waals surface area (Å²) in [6.45, 7) is 8.73. The molecule has 0 aliphatic carbocycles. The van der Waals surface area contributed by atoms with Crippen LogP contribution in [0.1, 0.15) is 24.2 Å². The second kappa shape index (κ2) is 9.80. The summed E-state index contributed by atoms with van der Waals surface area (Å²) < 4.78 is 32.6. The predicted molar refractivity (Wildman–Crippen MR) is 104 cm³/mol. The Labute approximate surface area is 163 Å². The highest BCUT2D eigenvalue weighted by Crippen LogP contribution is 2.23. The van der Waals surface area contributed by atoms with E-state index in [1.165, 1.54) is 16.4 Å². The quantitative estimate of drug-likeness (QED) is 0.653. The number of carbonyl (C=O) groups excluding carboxylic acids is 1. The number of carbonyl (C=O) groups is 1. The molecule has 1 heterocycles. The van der Waals surface area contributed by atoms with Gasteiger partial charge in [-0.05, 0) is 34.1 Å². The molecule has 0 atom stereocenters. The maximum Gasteiger partial charge on any atom is 0.252 e. The van der Waals surface area contributed by atoms with Crippen LogP contribution in [-0.4, -0.2) is 76.0 Å². The molecule has 7 nitrogen and oxygen atoms in total. The standard InChI is InChI=1S/C17H26BrN3O4S/c1-3-21(4-2)26(23,24)14-5-6-16(18)15(13-14)17(22)19-7-8-20-9-11-25-12-10-20/h5-6,13H,3-4,7-12H2,1-2H3,(H,19,22). The molecule has 9 heteroatoms. The van der Waals surface area contributed by atoms with Gasteiger partial charge >= 0.3 is 0 Å². The van der Waals surface area contributed by atoms with Gasteiger partial charge in [0, 0.05) is 43.7 Å². The predicted octanol–water partition coefficient (Wildman–Crippen LogP) is 1.54. The van der Waals surface area contributed by atoms with E-state index in [2.05, 4.69) is 26.1 Å². The first-order valence-corrected chi connectivity index (χ1v) is 11.0. The Kier molecular flexibility index (Phi) is 8.03. The summed E-state index contributed by atoms with van der Waals surface area (Å²) in [6, 6.07) is 4.55. The van der Waals surface area contributed by atoms with Crippen LogP contribution in [0, 0.1) is 0 Å². The maximum atomic E-state index is 12.7. The van der Waals surface area contributed by atoms with Gasteiger partial charge in [-0.2, -0.15) is 4.31 Å². The fourth-order valence-electron chi connectivity index (χ4n) is 2.80. The van der Waals surface area contributed by atoms with E-state index in [1.807, 2.05) is 0 Å². The van der Waals surface area contributed by atoms with Gasteiger partial charge in [0.05, 0.1) is 23.7 Å². The van der Waals surface area contributed by atoms with Crippen LogP contribution in [0.15, 0.2) is 27.6 Å². The van der Waals surface area contributed by atoms with Gasteiger partial charge in [-0.25, -0.2) is 8.42 Å². The highest BCUT2D eigenvalue weighted by molar-refractivity contribution is 9.10. The van der Waals surface area contributed by atoms with Gasteiger partial charge in [-0.3, -0.25) is 9.69 Å². The highest BCUT2D eigenvalue weighted by Gasteiger charge is 2.23. The molecule has 1 aromatic rings. The van der Waals surface area contributed by atoms with Crippen LogP contribution in [0.3, 0.4) is 0 Å². The minimum absolute atomic E-state index is 0.128. The lowest BCUT2D eigenvalue weighted by atomic mass is 10.2. The van der Waals surface area contributed by atoms with Gasteiger partial charge in [0.15, 0.2) is 0 Å². The Morgan fingerprint density at radius 3 is 2.54 bits per heavy atom. The van der Waals surface area contributed by atoms with Crippen molar-refractivity contribution in [3.63, 3.8) is 0 Å². The molecule has 1 amide bonds. The van der Waals surface area contributed by atoms with E-state index in [4.69, 9.17) is 4.74 Å². The zero-order valence-corrected chi connectivity index (χ0v) is 17.6. The van der Waals surface area contributed by atoms with E-state index < -0.39 is 10.0 Å². The second-order valence-corrected chi connectivity index (χ2v) is 8.73. The number of ether oxygens (including phenoxy) is 1. The summed E-state index contributed by atoms with van der Waals surface area (Å²) in [7, 11) is -3.60. The number of nitrogens with one attached hydrogen (secondary N) is 1. The molecule has 1 aliphatic rings. The molecule has 1 aliphatic heterocycles. The van der Waals surface area contributed by atoms with E-state index in [0.29, 0.717) is 42.9 Å². The molecule has 0 bridgehead atoms. The van der Waals surface area contributed by atoms with E-state index >= 15 is 0 Å². The molecule has 0 spiro atoms. The number of benzene rings is 1. The lowest BCUT2D eigenvalue weighted by Gasteiger charge is -2.26. The molecule has 26 heavy (non-hydrogen) atoms. The van der Waals surface area contributed by atoms with Crippen LogP contribution in [0.5, 0.6) is 0 Å². The molecular weight excluding hydrogens is 422 g/mol. The number of morpholine rings is 1. The summed E-state index contributed by atoms with van der Waals surface area (Å²) >= 11 is 3.34. The molecule has 0 radical (unpaired) electrons. The Balaban J connectivity index is 2.07. The normalized spacial score (nSPS) is 16.0. The Bertz CT molecular complexity index is 717. The SMILES string of the molecule is CCN(CC)S(=O)(=O)c1ccc(Br)c(C(=O)NCCN2CCOCC2)c1. The Hall–Kier alpha value is -1.00. The number of hydrogen-bond acceptors (Lipinski definition) is 5. The second-order valence-electron chi connectivity index (χ2n) is 5.94. The summed E-state index contributed by atoms with van der Waals surface area (Å²) in [5, 5.41) is 2.86. The molecule has 0 unspecified atom stereocenters. The summed E-state index contributed by atoms with van der Waals surface area (Å²) in [5.74, 6) is -0.290. The number of hydrogen-bond donors (Lipinski definition) is 1. The van der Waals surface area contributed by atoms with Crippen molar-refractivity contribution in [1.29, 1.82) is 0 Å². The molecule has 0 aromatic heterocycles. The van der Waals surface area contributed by atoms with Gasteiger partial charge in [0.2, 0.25) is 10.0 Å². The van der Waals surface area contributed by atoms with Crippen molar-refractivity contribution >= 4 is 31.9 Å². The molecule has 1 saturated heterocycles. The monoisotopic (exact) mass is 447 g/mol. The van der Waals surface area contributed by atoms with Crippen LogP contribution in [0.4, 0.5) is 0 Å². The average Bonchev–Trinajstić information content (AvgIpc) is 2.63. The van der Waals surface area contributed by atoms with Crippen molar-refractivity contribution in [2.24, 2.45) is 0 Å². The zero-order valence-electron chi connectivity index (χ0n) is 15.2. The van der Waals surface area contributed by atoms with Gasteiger partial charge in [0.25, 0.3) is 5.91 Å². The average molecular weight is 448 g/mol. The van der Waals surface area contributed by atoms with Crippen LogP contribution in [0.25, 0.3) is 0 Å². The lowest BCUT2D eigenvalue weighted by Crippen LogP contribution is -2.41. The zero-order chi connectivity index (χ0) is 19.2. The van der Waals surface area contributed by atoms with Crippen LogP contribution >= 0.6 is 15.9 Å². The number of halogens is 1. The summed E-state index contributed by atoms with van der Waals surface area (Å²) in [4.78, 5) is 14.9. The molecule has 1 fully saturated rings. The number of amides is 1. The molecule has 2 rings (SSSR count). The Morgan fingerprint density at radius 2 is 1.92 bits per heavy atom. The van der Waals surface area contributed by atoms with E-state index in [9.17, 15) is 13.2 Å². The van der Waals surface area contributed by atoms with Crippen molar-refractivity contribution in [3.8, 4) is 0 Å². The largest absolute Gasteiger partial charge is 0.379 e. The van der Waals surface area contributed by atoms with Crippen molar-refractivity contribution in [3.05, 3.63) is 28.2 Å². The van der Waals surface area contributed by atoms with Gasteiger partial charge < -0.3 is 10.1 Å². The van der Waals surface area contributed by atoms with Crippen molar-refractivity contribution in [2.75, 3.05) is 52.5 Å². The van der Waals surface area contributed by atoms with Crippen LogP contribution in [0.2, 0.25) is 0 Å². The molecule has 146 valence electrons. The maximum absolute atomic E-state index is 12.7. The summed E-state index contributed by atoms with van der Waals surface area (Å²) in [5.41, 5.74) is 0.320. The van der Waals surface area contributed by atoms with E-state index in [0.717, 1.165) is 19.6 Å². The van der Waals surface area contributed by atoms with Crippen LogP contribution in [-0.2, 0) is 14.8 Å². The van der Waals surface area contributed by atoms with E-state index in [-0.39, 0.29) is 10.8 Å². The summed E-state index contributed by atoms with van der Waals surface area (Å²) in [6.07, 6.45) is 0. The number of nitrogens with zero attached hydrogens (tertiary/aromatic N) is 2. The van der Waals surface area contributed by atoms with Gasteiger partial charge in [-0.1, -0.05) is 13.8 Å². The fraction of sp³-hybridized carbons (Fsp3) is 0.588. The van der Waals surface area contributed by atoms with Crippen LogP contribution < -0.4 is 5.32 Å². The van der Waals surface area contributed by atoms with Crippen molar-refractivity contribution in [1.82, 2.24) is 14.5 Å². The topological polar surface area (TPSA) is 79.0 Å². The third-order valence-corrected chi connectivity index (χ3v) is 7.08. The number of rotatable bonds is 8. The van der Waals surface area contributed by atoms with Gasteiger partial charge in [-0.15, -0.1) is 0 Å². The number of sulfonamides is 1. The first-order valence-electron chi connectivity index (χ1n) is 8.78. The van der Waals surface area contributed by atoms with E-state index in [1.54, 1.807) is 19.9 Å². The Morgan fingerprint density at radius 1 is 1.27 bits per heavy atom. The third kappa shape index (κ3) is 5.26. The molecule has 1 aromatic carbocycles. The fourth-order valence-corrected chi connectivity index (χ4v) is 4.71. The molecule has 0 saturated carbocycles. The third-order valence-electron chi connectivity index (χ3n) is 4.34. The lowest BCUT2D eigenvalue weighted by molar-refractivity contribution is 0.0383. The first-order chi connectivity index (χ1) is 12.4. The smallest absolute Gasteiger partial charge is 0.252 e. The van der Waals surface area contributed by atoms with Crippen molar-refractivity contribution < 1.29 is 17.9 Å². The minimum Gasteiger partial charge on any atom is -0.379 e. The first kappa shape index (κ1) is 21.3. The molecular formula is C17H26BrN3O4S. The van der Waals surface area contributed by atoms with Gasteiger partial charge in [0.1, 0.15) is 0 Å². The van der Waals surface area contributed by atoms with Crippen molar-refractivity contribution in [2.45, 2.75) is 18.7 Å². The highest BCUT2D eigenvalue weighted by atomic mass is 79.9. The molecule has 1 N–H and O–H groups in total.